The highest BCUT2D eigenvalue weighted by atomic mass is 79.9. The number of hydrogen-bond acceptors (Lipinski definition) is 2. The van der Waals surface area contributed by atoms with E-state index in [2.05, 4.69) is 21.2 Å². The normalized spacial score (nSPS) is 11.9. The second-order valence-electron chi connectivity index (χ2n) is 4.27. The Hall–Kier alpha value is -1.72. The number of nitrogens with two attached hydrogens (primary N) is 1. The molecule has 94 valence electrons. The van der Waals surface area contributed by atoms with Crippen LogP contribution >= 0.6 is 28.1 Å². The lowest BCUT2D eigenvalue weighted by Crippen LogP contribution is -2.19. The number of nitrogens with one attached hydrogen (secondary N) is 1. The number of carbonyl (C=O) groups excluding carboxylic acids is 1. The van der Waals surface area contributed by atoms with Crippen molar-refractivity contribution in [1.29, 1.82) is 0 Å². The zero-order chi connectivity index (χ0) is 13.6. The molecule has 0 radical (unpaired) electrons. The number of hydrogen-bond donors (Lipinski definition) is 2. The molecular formula is C14H9BrN2OS. The van der Waals surface area contributed by atoms with Crippen molar-refractivity contribution in [3.8, 4) is 11.1 Å². The van der Waals surface area contributed by atoms with Crippen molar-refractivity contribution in [2.45, 2.75) is 0 Å². The minimum atomic E-state index is 0.0258. The van der Waals surface area contributed by atoms with Crippen LogP contribution in [0, 0.1) is 0 Å². The Bertz CT molecular complexity index is 727. The fraction of sp³-hybridized carbons (Fsp3) is 0. The zero-order valence-corrected chi connectivity index (χ0v) is 12.1. The van der Waals surface area contributed by atoms with Crippen LogP contribution < -0.4 is 11.1 Å². The summed E-state index contributed by atoms with van der Waals surface area (Å²) in [7, 11) is 0. The molecule has 0 amide bonds. The summed E-state index contributed by atoms with van der Waals surface area (Å²) in [5.74, 6) is 0.0258. The van der Waals surface area contributed by atoms with Gasteiger partial charge in [0.25, 0.3) is 0 Å². The van der Waals surface area contributed by atoms with Crippen LogP contribution in [-0.4, -0.2) is 10.9 Å². The lowest BCUT2D eigenvalue weighted by molar-refractivity contribution is 0.104. The van der Waals surface area contributed by atoms with Crippen LogP contribution in [0.3, 0.4) is 0 Å². The van der Waals surface area contributed by atoms with E-state index in [1.54, 1.807) is 6.07 Å². The van der Waals surface area contributed by atoms with Crippen LogP contribution in [0.4, 0.5) is 5.69 Å². The summed E-state index contributed by atoms with van der Waals surface area (Å²) >= 11 is 8.18. The Morgan fingerprint density at radius 1 is 1.05 bits per heavy atom. The summed E-state index contributed by atoms with van der Waals surface area (Å²) in [6, 6.07) is 11.3. The molecule has 5 heteroatoms. The van der Waals surface area contributed by atoms with E-state index in [1.165, 1.54) is 0 Å². The first-order valence-corrected chi connectivity index (χ1v) is 6.81. The van der Waals surface area contributed by atoms with Gasteiger partial charge in [-0.15, -0.1) is 0 Å². The van der Waals surface area contributed by atoms with Crippen LogP contribution in [0.15, 0.2) is 40.9 Å². The Morgan fingerprint density at radius 2 is 1.68 bits per heavy atom. The first-order valence-electron chi connectivity index (χ1n) is 5.61. The zero-order valence-electron chi connectivity index (χ0n) is 9.74. The summed E-state index contributed by atoms with van der Waals surface area (Å²) in [6.07, 6.45) is 0. The third-order valence-corrected chi connectivity index (χ3v) is 3.64. The highest BCUT2D eigenvalue weighted by Crippen LogP contribution is 2.38. The Kier molecular flexibility index (Phi) is 2.88. The van der Waals surface area contributed by atoms with E-state index >= 15 is 0 Å². The second-order valence-corrected chi connectivity index (χ2v) is 5.62. The third-order valence-electron chi connectivity index (χ3n) is 3.05. The van der Waals surface area contributed by atoms with E-state index in [9.17, 15) is 4.79 Å². The SMILES string of the molecule is NC(=S)Nc1ccc2c(c1)C(=O)c1cc(Br)ccc1-2. The molecule has 0 heterocycles. The third kappa shape index (κ3) is 2.05. The first kappa shape index (κ1) is 12.3. The molecule has 0 unspecified atom stereocenters. The van der Waals surface area contributed by atoms with Crippen LogP contribution in [0.5, 0.6) is 0 Å². The maximum Gasteiger partial charge on any atom is 0.194 e. The molecule has 0 atom stereocenters. The van der Waals surface area contributed by atoms with Gasteiger partial charge in [-0.05, 0) is 47.6 Å². The number of rotatable bonds is 1. The maximum absolute atomic E-state index is 12.4. The van der Waals surface area contributed by atoms with Crippen LogP contribution in [-0.2, 0) is 0 Å². The number of halogens is 1. The Morgan fingerprint density at radius 3 is 2.37 bits per heavy atom. The summed E-state index contributed by atoms with van der Waals surface area (Å²) < 4.78 is 0.897. The quantitative estimate of drug-likeness (QED) is 0.671. The minimum absolute atomic E-state index is 0.0258. The first-order chi connectivity index (χ1) is 9.06. The van der Waals surface area contributed by atoms with E-state index in [4.69, 9.17) is 18.0 Å². The van der Waals surface area contributed by atoms with E-state index in [0.29, 0.717) is 5.56 Å². The van der Waals surface area contributed by atoms with Gasteiger partial charge in [0.15, 0.2) is 10.9 Å². The molecule has 2 aromatic carbocycles. The Balaban J connectivity index is 2.13. The van der Waals surface area contributed by atoms with Crippen molar-refractivity contribution in [3.63, 3.8) is 0 Å². The molecule has 19 heavy (non-hydrogen) atoms. The monoisotopic (exact) mass is 332 g/mol. The van der Waals surface area contributed by atoms with Gasteiger partial charge in [0, 0.05) is 21.3 Å². The highest BCUT2D eigenvalue weighted by molar-refractivity contribution is 9.10. The fourth-order valence-corrected chi connectivity index (χ4v) is 2.75. The van der Waals surface area contributed by atoms with Crippen molar-refractivity contribution < 1.29 is 4.79 Å². The van der Waals surface area contributed by atoms with Gasteiger partial charge in [-0.3, -0.25) is 4.79 Å². The van der Waals surface area contributed by atoms with E-state index in [0.717, 1.165) is 26.9 Å². The van der Waals surface area contributed by atoms with Gasteiger partial charge in [0.1, 0.15) is 0 Å². The predicted octanol–water partition coefficient (Wildman–Crippen LogP) is 3.32. The van der Waals surface area contributed by atoms with Gasteiger partial charge in [-0.25, -0.2) is 0 Å². The molecular weight excluding hydrogens is 324 g/mol. The van der Waals surface area contributed by atoms with Crippen molar-refractivity contribution >= 4 is 44.7 Å². The molecule has 0 spiro atoms. The molecule has 3 nitrogen and oxygen atoms in total. The van der Waals surface area contributed by atoms with E-state index in [1.807, 2.05) is 30.3 Å². The summed E-state index contributed by atoms with van der Waals surface area (Å²) in [5.41, 5.74) is 9.47. The molecule has 1 aliphatic rings. The molecule has 0 saturated carbocycles. The van der Waals surface area contributed by atoms with Crippen molar-refractivity contribution in [2.75, 3.05) is 5.32 Å². The predicted molar refractivity (Wildman–Crippen MR) is 83.4 cm³/mol. The van der Waals surface area contributed by atoms with E-state index in [-0.39, 0.29) is 10.9 Å². The highest BCUT2D eigenvalue weighted by Gasteiger charge is 2.26. The molecule has 0 fully saturated rings. The molecule has 3 rings (SSSR count). The topological polar surface area (TPSA) is 55.1 Å². The van der Waals surface area contributed by atoms with Gasteiger partial charge in [-0.1, -0.05) is 28.1 Å². The smallest absolute Gasteiger partial charge is 0.194 e. The molecule has 3 N–H and O–H groups in total. The number of anilines is 1. The standard InChI is InChI=1S/C14H9BrN2OS/c15-7-1-3-9-10-4-2-8(17-14(16)19)6-12(10)13(18)11(9)5-7/h1-6H,(H3,16,17,19). The number of benzene rings is 2. The number of carbonyl (C=O) groups is 1. The largest absolute Gasteiger partial charge is 0.376 e. The summed E-state index contributed by atoms with van der Waals surface area (Å²) in [4.78, 5) is 12.4. The lowest BCUT2D eigenvalue weighted by atomic mass is 10.1. The van der Waals surface area contributed by atoms with Crippen molar-refractivity contribution in [3.05, 3.63) is 52.0 Å². The lowest BCUT2D eigenvalue weighted by Gasteiger charge is -2.05. The van der Waals surface area contributed by atoms with Gasteiger partial charge < -0.3 is 11.1 Å². The van der Waals surface area contributed by atoms with E-state index < -0.39 is 0 Å². The molecule has 0 saturated heterocycles. The van der Waals surface area contributed by atoms with Crippen LogP contribution in [0.2, 0.25) is 0 Å². The Labute approximate surface area is 123 Å². The minimum Gasteiger partial charge on any atom is -0.376 e. The van der Waals surface area contributed by atoms with Crippen molar-refractivity contribution in [2.24, 2.45) is 5.73 Å². The number of fused-ring (bicyclic) bond motifs is 3. The maximum atomic E-state index is 12.4. The molecule has 0 aromatic heterocycles. The van der Waals surface area contributed by atoms with Gasteiger partial charge >= 0.3 is 0 Å². The number of thiocarbonyl (C=S) groups is 1. The fourth-order valence-electron chi connectivity index (χ4n) is 2.27. The van der Waals surface area contributed by atoms with Crippen LogP contribution in [0.1, 0.15) is 15.9 Å². The van der Waals surface area contributed by atoms with Crippen LogP contribution in [0.25, 0.3) is 11.1 Å². The van der Waals surface area contributed by atoms with Gasteiger partial charge in [-0.2, -0.15) is 0 Å². The molecule has 0 aliphatic heterocycles. The molecule has 2 aromatic rings. The second kappa shape index (κ2) is 4.43. The average molecular weight is 333 g/mol. The van der Waals surface area contributed by atoms with Gasteiger partial charge in [0.05, 0.1) is 0 Å². The summed E-state index contributed by atoms with van der Waals surface area (Å²) in [6.45, 7) is 0. The summed E-state index contributed by atoms with van der Waals surface area (Å²) in [5, 5.41) is 3.03. The number of ketones is 1. The molecule has 0 bridgehead atoms. The van der Waals surface area contributed by atoms with Crippen molar-refractivity contribution in [1.82, 2.24) is 0 Å². The average Bonchev–Trinajstić information content (AvgIpc) is 2.62. The van der Waals surface area contributed by atoms with Gasteiger partial charge in [0.2, 0.25) is 0 Å². The molecule has 1 aliphatic carbocycles.